The van der Waals surface area contributed by atoms with E-state index in [-0.39, 0.29) is 12.0 Å². The highest BCUT2D eigenvalue weighted by atomic mass is 16.5. The van der Waals surface area contributed by atoms with Crippen molar-refractivity contribution < 1.29 is 14.3 Å². The van der Waals surface area contributed by atoms with Crippen molar-refractivity contribution in [3.8, 4) is 5.75 Å². The van der Waals surface area contributed by atoms with Crippen LogP contribution in [0.2, 0.25) is 0 Å². The van der Waals surface area contributed by atoms with Gasteiger partial charge in [-0.15, -0.1) is 0 Å². The summed E-state index contributed by atoms with van der Waals surface area (Å²) in [6, 6.07) is 7.20. The highest BCUT2D eigenvalue weighted by Gasteiger charge is 2.38. The summed E-state index contributed by atoms with van der Waals surface area (Å²) in [5, 5.41) is 6.82. The van der Waals surface area contributed by atoms with E-state index in [2.05, 4.69) is 24.3 Å². The van der Waals surface area contributed by atoms with Crippen LogP contribution in [0.15, 0.2) is 36.7 Å². The number of fused-ring (bicyclic) bond motifs is 1. The molecule has 132 valence electrons. The Bertz CT molecular complexity index is 814. The van der Waals surface area contributed by atoms with Gasteiger partial charge >= 0.3 is 0 Å². The van der Waals surface area contributed by atoms with Crippen LogP contribution in [0.1, 0.15) is 36.7 Å². The van der Waals surface area contributed by atoms with Crippen molar-refractivity contribution in [1.29, 1.82) is 0 Å². The lowest BCUT2D eigenvalue weighted by atomic mass is 9.86. The van der Waals surface area contributed by atoms with Gasteiger partial charge in [-0.3, -0.25) is 14.3 Å². The minimum atomic E-state index is -1.28. The van der Waals surface area contributed by atoms with Crippen LogP contribution in [0.3, 0.4) is 0 Å². The van der Waals surface area contributed by atoms with Gasteiger partial charge in [0.2, 0.25) is 5.91 Å². The Morgan fingerprint density at radius 3 is 2.80 bits per heavy atom. The Balaban J connectivity index is 1.89. The summed E-state index contributed by atoms with van der Waals surface area (Å²) in [4.78, 5) is 24.8. The standard InChI is InChI=1S/C18H22N4O3/c1-17(2)11-25-14-12(6-4-7-13(14)17)15(23)21-18(3,16(19)24)10-22-9-5-8-20-22/h4-9H,10-11H2,1-3H3,(H2,19,24)(H,21,23). The van der Waals surface area contributed by atoms with Crippen molar-refractivity contribution >= 4 is 11.8 Å². The van der Waals surface area contributed by atoms with Crippen LogP contribution in [-0.4, -0.2) is 33.7 Å². The van der Waals surface area contributed by atoms with Crippen molar-refractivity contribution in [2.45, 2.75) is 38.3 Å². The lowest BCUT2D eigenvalue weighted by molar-refractivity contribution is -0.124. The maximum atomic E-state index is 12.8. The molecular weight excluding hydrogens is 320 g/mol. The molecule has 1 aromatic carbocycles. The molecule has 0 saturated heterocycles. The predicted octanol–water partition coefficient (Wildman–Crippen LogP) is 1.23. The maximum absolute atomic E-state index is 12.8. The van der Waals surface area contributed by atoms with E-state index in [9.17, 15) is 9.59 Å². The van der Waals surface area contributed by atoms with Gasteiger partial charge in [0.15, 0.2) is 0 Å². The Morgan fingerprint density at radius 1 is 1.40 bits per heavy atom. The minimum Gasteiger partial charge on any atom is -0.492 e. The molecule has 1 aliphatic rings. The number of para-hydroxylation sites is 1. The summed E-state index contributed by atoms with van der Waals surface area (Å²) in [7, 11) is 0. The molecule has 2 aromatic rings. The highest BCUT2D eigenvalue weighted by molar-refractivity contribution is 6.01. The van der Waals surface area contributed by atoms with Crippen LogP contribution in [0, 0.1) is 0 Å². The Kier molecular flexibility index (Phi) is 4.02. The molecule has 0 saturated carbocycles. The second-order valence-electron chi connectivity index (χ2n) is 7.21. The molecule has 1 unspecified atom stereocenters. The summed E-state index contributed by atoms with van der Waals surface area (Å²) < 4.78 is 7.31. The number of hydrogen-bond acceptors (Lipinski definition) is 4. The molecule has 0 aliphatic carbocycles. The second kappa shape index (κ2) is 5.91. The van der Waals surface area contributed by atoms with Crippen LogP contribution >= 0.6 is 0 Å². The highest BCUT2D eigenvalue weighted by Crippen LogP contribution is 2.40. The number of primary amides is 1. The monoisotopic (exact) mass is 342 g/mol. The first-order valence-electron chi connectivity index (χ1n) is 8.09. The molecule has 7 heteroatoms. The van der Waals surface area contributed by atoms with E-state index in [4.69, 9.17) is 10.5 Å². The number of carbonyl (C=O) groups excluding carboxylic acids is 2. The van der Waals surface area contributed by atoms with Gasteiger partial charge in [0.1, 0.15) is 11.3 Å². The van der Waals surface area contributed by atoms with Gasteiger partial charge in [0.25, 0.3) is 5.91 Å². The van der Waals surface area contributed by atoms with E-state index in [1.807, 2.05) is 12.1 Å². The average Bonchev–Trinajstić information content (AvgIpc) is 3.15. The number of benzene rings is 1. The number of ether oxygens (including phenoxy) is 1. The molecule has 0 radical (unpaired) electrons. The molecule has 3 rings (SSSR count). The number of nitrogens with zero attached hydrogens (tertiary/aromatic N) is 2. The molecule has 2 heterocycles. The first-order valence-corrected chi connectivity index (χ1v) is 8.09. The molecule has 1 aromatic heterocycles. The van der Waals surface area contributed by atoms with E-state index >= 15 is 0 Å². The summed E-state index contributed by atoms with van der Waals surface area (Å²) in [6.45, 7) is 6.36. The van der Waals surface area contributed by atoms with E-state index in [1.165, 1.54) is 0 Å². The molecule has 1 atom stereocenters. The van der Waals surface area contributed by atoms with Crippen LogP contribution in [-0.2, 0) is 16.8 Å². The quantitative estimate of drug-likeness (QED) is 0.853. The Hall–Kier alpha value is -2.83. The third kappa shape index (κ3) is 3.09. The fraction of sp³-hybridized carbons (Fsp3) is 0.389. The number of carbonyl (C=O) groups is 2. The summed E-state index contributed by atoms with van der Waals surface area (Å²) in [6.07, 6.45) is 3.31. The average molecular weight is 342 g/mol. The van der Waals surface area contributed by atoms with Crippen molar-refractivity contribution in [2.24, 2.45) is 5.73 Å². The lowest BCUT2D eigenvalue weighted by Gasteiger charge is -2.27. The van der Waals surface area contributed by atoms with E-state index in [1.54, 1.807) is 36.1 Å². The Labute approximate surface area is 146 Å². The van der Waals surface area contributed by atoms with Crippen LogP contribution in [0.5, 0.6) is 5.75 Å². The SMILES string of the molecule is CC(Cn1cccn1)(NC(=O)c1cccc2c1OCC2(C)C)C(N)=O. The fourth-order valence-electron chi connectivity index (χ4n) is 2.95. The molecule has 1 aliphatic heterocycles. The van der Waals surface area contributed by atoms with Crippen molar-refractivity contribution in [2.75, 3.05) is 6.61 Å². The van der Waals surface area contributed by atoms with Crippen molar-refractivity contribution in [3.05, 3.63) is 47.8 Å². The zero-order valence-electron chi connectivity index (χ0n) is 14.6. The molecule has 3 N–H and O–H groups in total. The van der Waals surface area contributed by atoms with Crippen LogP contribution in [0.4, 0.5) is 0 Å². The van der Waals surface area contributed by atoms with Crippen LogP contribution in [0.25, 0.3) is 0 Å². The first-order chi connectivity index (χ1) is 11.7. The zero-order valence-corrected chi connectivity index (χ0v) is 14.6. The molecule has 0 spiro atoms. The van der Waals surface area contributed by atoms with E-state index in [0.717, 1.165) is 5.56 Å². The predicted molar refractivity (Wildman–Crippen MR) is 92.3 cm³/mol. The van der Waals surface area contributed by atoms with Gasteiger partial charge in [-0.25, -0.2) is 0 Å². The van der Waals surface area contributed by atoms with Gasteiger partial charge < -0.3 is 15.8 Å². The topological polar surface area (TPSA) is 99.2 Å². The zero-order chi connectivity index (χ0) is 18.2. The number of nitrogens with two attached hydrogens (primary N) is 1. The molecule has 0 bridgehead atoms. The fourth-order valence-corrected chi connectivity index (χ4v) is 2.95. The van der Waals surface area contributed by atoms with Gasteiger partial charge in [-0.1, -0.05) is 26.0 Å². The van der Waals surface area contributed by atoms with Crippen molar-refractivity contribution in [3.63, 3.8) is 0 Å². The lowest BCUT2D eigenvalue weighted by Crippen LogP contribution is -2.58. The molecule has 25 heavy (non-hydrogen) atoms. The molecule has 0 fully saturated rings. The third-order valence-electron chi connectivity index (χ3n) is 4.54. The second-order valence-corrected chi connectivity index (χ2v) is 7.21. The van der Waals surface area contributed by atoms with Gasteiger partial charge in [-0.2, -0.15) is 5.10 Å². The normalized spacial score (nSPS) is 17.2. The maximum Gasteiger partial charge on any atom is 0.255 e. The largest absolute Gasteiger partial charge is 0.492 e. The first kappa shape index (κ1) is 17.0. The summed E-state index contributed by atoms with van der Waals surface area (Å²) in [5.74, 6) is -0.468. The number of hydrogen-bond donors (Lipinski definition) is 2. The van der Waals surface area contributed by atoms with Crippen molar-refractivity contribution in [1.82, 2.24) is 15.1 Å². The number of aromatic nitrogens is 2. The molecular formula is C18H22N4O3. The molecule has 2 amide bonds. The van der Waals surface area contributed by atoms with Gasteiger partial charge in [0.05, 0.1) is 18.7 Å². The molecule has 7 nitrogen and oxygen atoms in total. The summed E-state index contributed by atoms with van der Waals surface area (Å²) >= 11 is 0. The number of rotatable bonds is 5. The number of nitrogens with one attached hydrogen (secondary N) is 1. The third-order valence-corrected chi connectivity index (χ3v) is 4.54. The van der Waals surface area contributed by atoms with E-state index in [0.29, 0.717) is 17.9 Å². The van der Waals surface area contributed by atoms with Gasteiger partial charge in [-0.05, 0) is 19.1 Å². The Morgan fingerprint density at radius 2 is 2.16 bits per heavy atom. The van der Waals surface area contributed by atoms with E-state index < -0.39 is 17.4 Å². The number of amides is 2. The van der Waals surface area contributed by atoms with Crippen LogP contribution < -0.4 is 15.8 Å². The summed E-state index contributed by atoms with van der Waals surface area (Å²) in [5.41, 5.74) is 5.49. The minimum absolute atomic E-state index is 0.141. The van der Waals surface area contributed by atoms with Gasteiger partial charge in [0, 0.05) is 23.4 Å². The smallest absolute Gasteiger partial charge is 0.255 e.